The highest BCUT2D eigenvalue weighted by atomic mass is 79.9. The van der Waals surface area contributed by atoms with Crippen LogP contribution >= 0.6 is 43.2 Å². The minimum Gasteiger partial charge on any atom is -0.497 e. The number of anilines is 1. The number of para-hydroxylation sites is 1. The van der Waals surface area contributed by atoms with E-state index >= 15 is 0 Å². The molecule has 198 valence electrons. The van der Waals surface area contributed by atoms with Crippen LogP contribution in [0, 0.1) is 0 Å². The van der Waals surface area contributed by atoms with Crippen molar-refractivity contribution < 1.29 is 14.3 Å². The summed E-state index contributed by atoms with van der Waals surface area (Å²) in [6, 6.07) is 19.6. The van der Waals surface area contributed by atoms with Crippen LogP contribution in [0.25, 0.3) is 6.08 Å². The van der Waals surface area contributed by atoms with Gasteiger partial charge in [-0.2, -0.15) is 0 Å². The fourth-order valence-electron chi connectivity index (χ4n) is 4.48. The van der Waals surface area contributed by atoms with E-state index in [0.717, 1.165) is 20.1 Å². The second kappa shape index (κ2) is 11.3. The molecular formula is C29H23Br2N3O4S. The molecule has 39 heavy (non-hydrogen) atoms. The lowest BCUT2D eigenvalue weighted by molar-refractivity contribution is -0.113. The van der Waals surface area contributed by atoms with E-state index in [-0.39, 0.29) is 11.5 Å². The summed E-state index contributed by atoms with van der Waals surface area (Å²) in [6.45, 7) is 1.79. The van der Waals surface area contributed by atoms with Crippen LogP contribution in [0.4, 0.5) is 5.69 Å². The molecule has 5 rings (SSSR count). The standard InChI is InChI=1S/C29H23Br2N3O4S/c1-16-24(27(35)33-20-7-5-4-6-8-20)25(17-9-11-21(37-2)12-10-17)34-28(36)23(39-29(34)32-16)14-18-13-19(30)15-22(31)26(18)38-3/h4-15,25H,1-3H3,(H,33,35)/b23-14+/t25-/m1/s1. The Morgan fingerprint density at radius 1 is 1.05 bits per heavy atom. The van der Waals surface area contributed by atoms with E-state index in [1.807, 2.05) is 66.7 Å². The van der Waals surface area contributed by atoms with Gasteiger partial charge < -0.3 is 14.8 Å². The van der Waals surface area contributed by atoms with Crippen molar-refractivity contribution in [1.82, 2.24) is 4.57 Å². The van der Waals surface area contributed by atoms with Crippen molar-refractivity contribution >= 4 is 60.9 Å². The average molecular weight is 669 g/mol. The van der Waals surface area contributed by atoms with E-state index in [0.29, 0.717) is 37.8 Å². The molecule has 7 nitrogen and oxygen atoms in total. The van der Waals surface area contributed by atoms with Gasteiger partial charge in [-0.05, 0) is 70.9 Å². The zero-order valence-electron chi connectivity index (χ0n) is 21.2. The minimum atomic E-state index is -0.686. The Labute approximate surface area is 245 Å². The molecular weight excluding hydrogens is 646 g/mol. The predicted octanol–water partition coefficient (Wildman–Crippen LogP) is 5.42. The largest absolute Gasteiger partial charge is 0.497 e. The molecule has 0 saturated carbocycles. The van der Waals surface area contributed by atoms with Gasteiger partial charge in [-0.25, -0.2) is 4.99 Å². The summed E-state index contributed by atoms with van der Waals surface area (Å²) in [5, 5.41) is 2.96. The van der Waals surface area contributed by atoms with Crippen LogP contribution in [0.3, 0.4) is 0 Å². The predicted molar refractivity (Wildman–Crippen MR) is 160 cm³/mol. The van der Waals surface area contributed by atoms with Crippen LogP contribution in [-0.2, 0) is 4.79 Å². The van der Waals surface area contributed by atoms with Gasteiger partial charge in [0, 0.05) is 15.7 Å². The Balaban J connectivity index is 1.70. The zero-order chi connectivity index (χ0) is 27.7. The SMILES string of the molecule is COc1ccc([C@@H]2C(C(=O)Nc3ccccc3)=C(C)N=c3s/c(=C/c4cc(Br)cc(Br)c4OC)c(=O)n32)cc1. The highest BCUT2D eigenvalue weighted by Crippen LogP contribution is 2.34. The number of carbonyl (C=O) groups excluding carboxylic acids is 1. The molecule has 0 spiro atoms. The van der Waals surface area contributed by atoms with Crippen LogP contribution in [0.1, 0.15) is 24.1 Å². The maximum Gasteiger partial charge on any atom is 0.271 e. The third-order valence-electron chi connectivity index (χ3n) is 6.26. The molecule has 1 aliphatic rings. The number of nitrogens with one attached hydrogen (secondary N) is 1. The van der Waals surface area contributed by atoms with E-state index in [2.05, 4.69) is 37.2 Å². The van der Waals surface area contributed by atoms with E-state index in [4.69, 9.17) is 14.5 Å². The van der Waals surface area contributed by atoms with Crippen molar-refractivity contribution in [2.75, 3.05) is 19.5 Å². The number of amides is 1. The lowest BCUT2D eigenvalue weighted by atomic mass is 9.95. The Kier molecular flexibility index (Phi) is 7.88. The number of thiazole rings is 1. The maximum atomic E-state index is 14.0. The van der Waals surface area contributed by atoms with Crippen LogP contribution in [0.5, 0.6) is 11.5 Å². The summed E-state index contributed by atoms with van der Waals surface area (Å²) < 4.78 is 14.6. The smallest absolute Gasteiger partial charge is 0.271 e. The van der Waals surface area contributed by atoms with Gasteiger partial charge in [0.15, 0.2) is 4.80 Å². The molecule has 0 radical (unpaired) electrons. The van der Waals surface area contributed by atoms with Gasteiger partial charge in [-0.15, -0.1) is 0 Å². The quantitative estimate of drug-likeness (QED) is 0.298. The summed E-state index contributed by atoms with van der Waals surface area (Å²) in [5.74, 6) is 0.958. The molecule has 1 aromatic heterocycles. The highest BCUT2D eigenvalue weighted by molar-refractivity contribution is 9.11. The van der Waals surface area contributed by atoms with E-state index in [1.54, 1.807) is 31.8 Å². The number of hydrogen-bond donors (Lipinski definition) is 1. The van der Waals surface area contributed by atoms with Gasteiger partial charge in [-0.3, -0.25) is 14.2 Å². The number of rotatable bonds is 6. The monoisotopic (exact) mass is 667 g/mol. The van der Waals surface area contributed by atoms with Crippen molar-refractivity contribution in [3.63, 3.8) is 0 Å². The lowest BCUT2D eigenvalue weighted by Crippen LogP contribution is -2.40. The second-order valence-electron chi connectivity index (χ2n) is 8.69. The first-order valence-corrected chi connectivity index (χ1v) is 14.3. The summed E-state index contributed by atoms with van der Waals surface area (Å²) in [5.41, 5.74) is 2.82. The molecule has 4 aromatic rings. The molecule has 10 heteroatoms. The number of fused-ring (bicyclic) bond motifs is 1. The molecule has 1 aliphatic heterocycles. The average Bonchev–Trinajstić information content (AvgIpc) is 3.22. The highest BCUT2D eigenvalue weighted by Gasteiger charge is 2.32. The Morgan fingerprint density at radius 3 is 2.44 bits per heavy atom. The summed E-state index contributed by atoms with van der Waals surface area (Å²) >= 11 is 8.30. The van der Waals surface area contributed by atoms with Crippen LogP contribution in [0.2, 0.25) is 0 Å². The molecule has 0 unspecified atom stereocenters. The number of halogens is 2. The van der Waals surface area contributed by atoms with Crippen molar-refractivity contribution in [2.24, 2.45) is 4.99 Å². The molecule has 0 saturated heterocycles. The summed E-state index contributed by atoms with van der Waals surface area (Å²) in [4.78, 5) is 32.8. The normalized spacial score (nSPS) is 15.0. The molecule has 1 amide bonds. The number of ether oxygens (including phenoxy) is 2. The molecule has 0 bridgehead atoms. The molecule has 0 fully saturated rings. The molecule has 1 N–H and O–H groups in total. The maximum absolute atomic E-state index is 14.0. The van der Waals surface area contributed by atoms with Gasteiger partial charge >= 0.3 is 0 Å². The lowest BCUT2D eigenvalue weighted by Gasteiger charge is -2.25. The first kappa shape index (κ1) is 27.1. The van der Waals surface area contributed by atoms with Crippen LogP contribution in [0.15, 0.2) is 96.7 Å². The molecule has 1 atom stereocenters. The third kappa shape index (κ3) is 5.36. The number of benzene rings is 3. The summed E-state index contributed by atoms with van der Waals surface area (Å²) in [7, 11) is 3.17. The minimum absolute atomic E-state index is 0.254. The molecule has 3 aromatic carbocycles. The first-order chi connectivity index (χ1) is 18.8. The van der Waals surface area contributed by atoms with Crippen molar-refractivity contribution in [3.05, 3.63) is 118 Å². The zero-order valence-corrected chi connectivity index (χ0v) is 25.2. The number of aromatic nitrogens is 1. The van der Waals surface area contributed by atoms with Gasteiger partial charge in [0.05, 0.1) is 40.5 Å². The Hall–Kier alpha value is -3.47. The fraction of sp³-hybridized carbons (Fsp3) is 0.138. The van der Waals surface area contributed by atoms with Gasteiger partial charge in [-0.1, -0.05) is 57.6 Å². The second-order valence-corrected chi connectivity index (χ2v) is 11.5. The number of hydrogen-bond acceptors (Lipinski definition) is 6. The summed E-state index contributed by atoms with van der Waals surface area (Å²) in [6.07, 6.45) is 1.78. The van der Waals surface area contributed by atoms with Gasteiger partial charge in [0.1, 0.15) is 11.5 Å². The first-order valence-electron chi connectivity index (χ1n) is 11.9. The van der Waals surface area contributed by atoms with Gasteiger partial charge in [0.25, 0.3) is 11.5 Å². The van der Waals surface area contributed by atoms with E-state index in [1.165, 1.54) is 11.3 Å². The van der Waals surface area contributed by atoms with Crippen LogP contribution < -0.4 is 29.7 Å². The number of methoxy groups -OCH3 is 2. The topological polar surface area (TPSA) is 81.9 Å². The van der Waals surface area contributed by atoms with E-state index in [9.17, 15) is 9.59 Å². The van der Waals surface area contributed by atoms with Crippen LogP contribution in [-0.4, -0.2) is 24.7 Å². The Bertz CT molecular complexity index is 1780. The molecule has 2 heterocycles. The van der Waals surface area contributed by atoms with Crippen molar-refractivity contribution in [3.8, 4) is 11.5 Å². The number of carbonyl (C=O) groups is 1. The number of allylic oxidation sites excluding steroid dienone is 1. The number of nitrogens with zero attached hydrogens (tertiary/aromatic N) is 2. The van der Waals surface area contributed by atoms with Gasteiger partial charge in [0.2, 0.25) is 0 Å². The Morgan fingerprint density at radius 2 is 1.77 bits per heavy atom. The molecule has 0 aliphatic carbocycles. The third-order valence-corrected chi connectivity index (χ3v) is 8.29. The van der Waals surface area contributed by atoms with Crippen molar-refractivity contribution in [2.45, 2.75) is 13.0 Å². The van der Waals surface area contributed by atoms with E-state index < -0.39 is 6.04 Å². The van der Waals surface area contributed by atoms with Crippen molar-refractivity contribution in [1.29, 1.82) is 0 Å². The fourth-order valence-corrected chi connectivity index (χ4v) is 6.94.